The number of aryl methyl sites for hydroxylation is 1. The molecule has 0 unspecified atom stereocenters. The molecule has 0 spiro atoms. The Morgan fingerprint density at radius 1 is 1.25 bits per heavy atom. The highest BCUT2D eigenvalue weighted by molar-refractivity contribution is 7.94. The van der Waals surface area contributed by atoms with Crippen molar-refractivity contribution >= 4 is 38.1 Å². The van der Waals surface area contributed by atoms with E-state index < -0.39 is 53.1 Å². The third-order valence-corrected chi connectivity index (χ3v) is 7.78. The summed E-state index contributed by atoms with van der Waals surface area (Å²) in [6.45, 7) is 0.451. The molecule has 0 bridgehead atoms. The predicted octanol–water partition coefficient (Wildman–Crippen LogP) is 3.14. The molecule has 2 amide bonds. The van der Waals surface area contributed by atoms with Gasteiger partial charge in [-0.15, -0.1) is 0 Å². The van der Waals surface area contributed by atoms with Crippen LogP contribution in [0, 0.1) is 18.3 Å². The lowest BCUT2D eigenvalue weighted by molar-refractivity contribution is -0.131. The zero-order valence-corrected chi connectivity index (χ0v) is 20.5. The SMILES string of the molecule is Cc1c(C2=CC=C(S(C)(=O)=O)CC2)ccc2nccc(C(=O)NCC(=O)N3CC(F)(F)C[C@H]3C#N)c12. The average Bonchev–Trinajstić information content (AvgIpc) is 3.16. The number of rotatable bonds is 5. The molecule has 11 heteroatoms. The van der Waals surface area contributed by atoms with E-state index in [1.165, 1.54) is 18.5 Å². The third-order valence-electron chi connectivity index (χ3n) is 6.48. The van der Waals surface area contributed by atoms with E-state index in [-0.39, 0.29) is 5.56 Å². The molecule has 4 rings (SSSR count). The number of benzene rings is 1. The Morgan fingerprint density at radius 2 is 2.00 bits per heavy atom. The Bertz CT molecular complexity index is 1470. The van der Waals surface area contributed by atoms with Gasteiger partial charge in [-0.05, 0) is 54.7 Å². The zero-order valence-electron chi connectivity index (χ0n) is 19.7. The number of nitrogens with zero attached hydrogens (tertiary/aromatic N) is 3. The molecule has 8 nitrogen and oxygen atoms in total. The van der Waals surface area contributed by atoms with Crippen molar-refractivity contribution in [2.45, 2.75) is 38.2 Å². The van der Waals surface area contributed by atoms with Crippen molar-refractivity contribution in [1.29, 1.82) is 5.26 Å². The highest BCUT2D eigenvalue weighted by atomic mass is 32.2. The lowest BCUT2D eigenvalue weighted by Gasteiger charge is -2.20. The number of aromatic nitrogens is 1. The van der Waals surface area contributed by atoms with Crippen LogP contribution in [0.4, 0.5) is 8.78 Å². The number of hydrogen-bond donors (Lipinski definition) is 1. The summed E-state index contributed by atoms with van der Waals surface area (Å²) >= 11 is 0. The van der Waals surface area contributed by atoms with Gasteiger partial charge in [0.2, 0.25) is 5.91 Å². The molecule has 1 aliphatic heterocycles. The third kappa shape index (κ3) is 4.99. The van der Waals surface area contributed by atoms with Crippen LogP contribution in [0.25, 0.3) is 16.5 Å². The smallest absolute Gasteiger partial charge is 0.268 e. The number of alkyl halides is 2. The van der Waals surface area contributed by atoms with Crippen LogP contribution in [0.1, 0.15) is 40.7 Å². The molecule has 1 saturated heterocycles. The van der Waals surface area contributed by atoms with E-state index in [0.29, 0.717) is 28.6 Å². The zero-order chi connectivity index (χ0) is 26.3. The van der Waals surface area contributed by atoms with Gasteiger partial charge in [0, 0.05) is 29.2 Å². The van der Waals surface area contributed by atoms with E-state index >= 15 is 0 Å². The predicted molar refractivity (Wildman–Crippen MR) is 130 cm³/mol. The van der Waals surface area contributed by atoms with E-state index in [4.69, 9.17) is 5.26 Å². The first-order valence-electron chi connectivity index (χ1n) is 11.2. The first-order chi connectivity index (χ1) is 16.9. The van der Waals surface area contributed by atoms with E-state index in [9.17, 15) is 26.8 Å². The molecule has 2 aliphatic rings. The highest BCUT2D eigenvalue weighted by Crippen LogP contribution is 2.34. The Morgan fingerprint density at radius 3 is 2.64 bits per heavy atom. The highest BCUT2D eigenvalue weighted by Gasteiger charge is 2.47. The first kappa shape index (κ1) is 25.4. The van der Waals surface area contributed by atoms with Gasteiger partial charge in [0.25, 0.3) is 11.8 Å². The van der Waals surface area contributed by atoms with Crippen molar-refractivity contribution in [2.24, 2.45) is 0 Å². The number of allylic oxidation sites excluding steroid dienone is 4. The Balaban J connectivity index is 1.59. The number of pyridine rings is 1. The maximum absolute atomic E-state index is 13.7. The standard InChI is InChI=1S/C25H24F2N4O4S/c1-15-19(16-3-5-18(6-4-16)36(2,34)35)7-8-21-23(15)20(9-10-29-21)24(33)30-13-22(32)31-14-25(26,27)11-17(31)12-28/h3,5,7-10,17H,4,6,11,13-14H2,1-2H3,(H,30,33)/t17-/m0/s1. The Hall–Kier alpha value is -3.65. The van der Waals surface area contributed by atoms with Crippen LogP contribution >= 0.6 is 0 Å². The van der Waals surface area contributed by atoms with Crippen LogP contribution in [-0.2, 0) is 14.6 Å². The van der Waals surface area contributed by atoms with Gasteiger partial charge in [-0.25, -0.2) is 17.2 Å². The molecule has 188 valence electrons. The van der Waals surface area contributed by atoms with Crippen LogP contribution in [0.3, 0.4) is 0 Å². The van der Waals surface area contributed by atoms with Crippen LogP contribution in [0.5, 0.6) is 0 Å². The van der Waals surface area contributed by atoms with Gasteiger partial charge in [-0.3, -0.25) is 14.6 Å². The number of nitrogens with one attached hydrogen (secondary N) is 1. The minimum Gasteiger partial charge on any atom is -0.343 e. The normalized spacial score (nSPS) is 19.4. The van der Waals surface area contributed by atoms with Crippen molar-refractivity contribution in [2.75, 3.05) is 19.3 Å². The summed E-state index contributed by atoms with van der Waals surface area (Å²) in [7, 11) is -3.26. The quantitative estimate of drug-likeness (QED) is 0.655. The number of halogens is 2. The summed E-state index contributed by atoms with van der Waals surface area (Å²) in [4.78, 5) is 31.0. The lowest BCUT2D eigenvalue weighted by Crippen LogP contribution is -2.43. The number of nitriles is 1. The molecule has 1 aromatic heterocycles. The van der Waals surface area contributed by atoms with Crippen LogP contribution in [-0.4, -0.2) is 61.4 Å². The van der Waals surface area contributed by atoms with Gasteiger partial charge in [0.15, 0.2) is 9.84 Å². The van der Waals surface area contributed by atoms with Gasteiger partial charge >= 0.3 is 0 Å². The molecule has 1 fully saturated rings. The molecule has 1 atom stereocenters. The van der Waals surface area contributed by atoms with Crippen LogP contribution in [0.15, 0.2) is 41.5 Å². The molecule has 1 N–H and O–H groups in total. The molecular weight excluding hydrogens is 490 g/mol. The minimum absolute atomic E-state index is 0.263. The summed E-state index contributed by atoms with van der Waals surface area (Å²) in [5.41, 5.74) is 3.36. The maximum atomic E-state index is 13.7. The van der Waals surface area contributed by atoms with Crippen LogP contribution < -0.4 is 5.32 Å². The number of amides is 2. The monoisotopic (exact) mass is 514 g/mol. The van der Waals surface area contributed by atoms with Crippen LogP contribution in [0.2, 0.25) is 0 Å². The second kappa shape index (κ2) is 9.43. The van der Waals surface area contributed by atoms with Gasteiger partial charge in [0.1, 0.15) is 6.04 Å². The van der Waals surface area contributed by atoms with Gasteiger partial charge in [0.05, 0.1) is 30.2 Å². The molecule has 2 aromatic rings. The lowest BCUT2D eigenvalue weighted by atomic mass is 9.90. The number of likely N-dealkylation sites (tertiary alicyclic amines) is 1. The fraction of sp³-hybridized carbons (Fsp3) is 0.360. The van der Waals surface area contributed by atoms with Crippen molar-refractivity contribution in [1.82, 2.24) is 15.2 Å². The van der Waals surface area contributed by atoms with Crippen molar-refractivity contribution in [3.63, 3.8) is 0 Å². The molecule has 1 aliphatic carbocycles. The maximum Gasteiger partial charge on any atom is 0.268 e. The molecular formula is C25H24F2N4O4S. The molecule has 2 heterocycles. The van der Waals surface area contributed by atoms with Gasteiger partial charge in [-0.1, -0.05) is 12.1 Å². The van der Waals surface area contributed by atoms with E-state index in [1.54, 1.807) is 24.3 Å². The number of carbonyl (C=O) groups excluding carboxylic acids is 2. The van der Waals surface area contributed by atoms with Crippen molar-refractivity contribution in [3.8, 4) is 6.07 Å². The Labute approximate surface area is 207 Å². The molecule has 0 radical (unpaired) electrons. The number of fused-ring (bicyclic) bond motifs is 1. The van der Waals surface area contributed by atoms with E-state index in [1.807, 2.05) is 13.0 Å². The Kier molecular flexibility index (Phi) is 6.66. The van der Waals surface area contributed by atoms with E-state index in [2.05, 4.69) is 10.3 Å². The fourth-order valence-corrected chi connectivity index (χ4v) is 5.44. The number of carbonyl (C=O) groups is 2. The summed E-state index contributed by atoms with van der Waals surface area (Å²) in [5, 5.41) is 12.2. The van der Waals surface area contributed by atoms with Crippen molar-refractivity contribution < 1.29 is 26.8 Å². The summed E-state index contributed by atoms with van der Waals surface area (Å²) in [5.74, 6) is -4.48. The topological polar surface area (TPSA) is 120 Å². The van der Waals surface area contributed by atoms with Crippen molar-refractivity contribution in [3.05, 3.63) is 58.1 Å². The summed E-state index contributed by atoms with van der Waals surface area (Å²) in [6, 6.07) is 5.62. The molecule has 1 aromatic carbocycles. The summed E-state index contributed by atoms with van der Waals surface area (Å²) in [6.07, 6.45) is 6.17. The second-order valence-electron chi connectivity index (χ2n) is 9.00. The van der Waals surface area contributed by atoms with E-state index in [0.717, 1.165) is 21.6 Å². The minimum atomic E-state index is -3.26. The molecule has 0 saturated carbocycles. The van der Waals surface area contributed by atoms with Gasteiger partial charge in [-0.2, -0.15) is 5.26 Å². The fourth-order valence-electron chi connectivity index (χ4n) is 4.66. The largest absolute Gasteiger partial charge is 0.343 e. The summed E-state index contributed by atoms with van der Waals surface area (Å²) < 4.78 is 51.0. The average molecular weight is 515 g/mol. The second-order valence-corrected chi connectivity index (χ2v) is 11.1. The molecule has 36 heavy (non-hydrogen) atoms. The van der Waals surface area contributed by atoms with Gasteiger partial charge < -0.3 is 10.2 Å². The number of sulfone groups is 1. The number of hydrogen-bond acceptors (Lipinski definition) is 6. The first-order valence-corrected chi connectivity index (χ1v) is 13.1.